The van der Waals surface area contributed by atoms with E-state index >= 15 is 0 Å². The van der Waals surface area contributed by atoms with E-state index in [1.807, 2.05) is 0 Å². The van der Waals surface area contributed by atoms with E-state index in [1.165, 1.54) is 17.7 Å². The molecule has 4 rings (SSSR count). The Hall–Kier alpha value is -2.18. The zero-order valence-corrected chi connectivity index (χ0v) is 20.3. The lowest BCUT2D eigenvalue weighted by molar-refractivity contribution is -0.129. The van der Waals surface area contributed by atoms with E-state index in [0.717, 1.165) is 24.0 Å². The Bertz CT molecular complexity index is 1000. The number of carbonyl (C=O) groups excluding carboxylic acids is 2. The number of hydrogen-bond donors (Lipinski definition) is 1. The molecule has 176 valence electrons. The van der Waals surface area contributed by atoms with Gasteiger partial charge in [-0.2, -0.15) is 0 Å². The number of Topliss-reactive ketones (excluding diaryl/α,β-unsaturated/α-hetero) is 1. The number of benzene rings is 2. The third-order valence-electron chi connectivity index (χ3n) is 6.74. The lowest BCUT2D eigenvalue weighted by Crippen LogP contribution is -2.58. The van der Waals surface area contributed by atoms with Gasteiger partial charge in [-0.05, 0) is 59.9 Å². The van der Waals surface area contributed by atoms with Crippen molar-refractivity contribution in [2.24, 2.45) is 0 Å². The highest BCUT2D eigenvalue weighted by Crippen LogP contribution is 2.38. The van der Waals surface area contributed by atoms with Crippen LogP contribution in [0.15, 0.2) is 48.5 Å². The minimum absolute atomic E-state index is 0.0262. The minimum atomic E-state index is -0.882. The zero-order valence-electron chi connectivity index (χ0n) is 19.5. The van der Waals surface area contributed by atoms with Crippen LogP contribution in [0.3, 0.4) is 0 Å². The number of ketones is 1. The summed E-state index contributed by atoms with van der Waals surface area (Å²) in [6, 6.07) is 14.8. The number of fused-ring (bicyclic) bond motifs is 1. The quantitative estimate of drug-likeness (QED) is 0.622. The van der Waals surface area contributed by atoms with Crippen molar-refractivity contribution in [1.29, 1.82) is 0 Å². The van der Waals surface area contributed by atoms with Crippen LogP contribution >= 0.6 is 11.8 Å². The number of ether oxygens (including phenoxy) is 1. The molecule has 1 aliphatic carbocycles. The fourth-order valence-corrected chi connectivity index (χ4v) is 5.80. The molecule has 1 heterocycles. The normalized spacial score (nSPS) is 23.4. The van der Waals surface area contributed by atoms with Crippen molar-refractivity contribution in [2.45, 2.75) is 74.5 Å². The molecule has 33 heavy (non-hydrogen) atoms. The predicted molar refractivity (Wildman–Crippen MR) is 130 cm³/mol. The standard InChI is InChI=1S/C27H32FNO3S/c1-26(2,3)20-10-6-19(7-11-20)17-33-22(15-18-8-12-21(28)13-9-18)25(31)29-27-14-4-5-24(27)32-16-23(27)30/h6-13,22,24H,4-5,14-17H2,1-3H3,(H,29,31). The number of hydrogen-bond acceptors (Lipinski definition) is 4. The first-order valence-corrected chi connectivity index (χ1v) is 12.6. The van der Waals surface area contributed by atoms with E-state index in [2.05, 4.69) is 50.4 Å². The van der Waals surface area contributed by atoms with E-state index in [4.69, 9.17) is 4.74 Å². The van der Waals surface area contributed by atoms with Crippen LogP contribution in [0.5, 0.6) is 0 Å². The molecule has 0 radical (unpaired) electrons. The van der Waals surface area contributed by atoms with Crippen molar-refractivity contribution in [2.75, 3.05) is 6.61 Å². The smallest absolute Gasteiger partial charge is 0.234 e. The molecule has 2 fully saturated rings. The Morgan fingerprint density at radius 1 is 1.15 bits per heavy atom. The molecule has 2 aromatic carbocycles. The molecular formula is C27H32FNO3S. The molecule has 0 spiro atoms. The molecule has 3 unspecified atom stereocenters. The van der Waals surface area contributed by atoms with E-state index < -0.39 is 10.8 Å². The van der Waals surface area contributed by atoms with Crippen molar-refractivity contribution in [3.05, 3.63) is 71.0 Å². The van der Waals surface area contributed by atoms with E-state index in [9.17, 15) is 14.0 Å². The molecule has 0 aromatic heterocycles. The maximum atomic E-state index is 13.4. The monoisotopic (exact) mass is 469 g/mol. The average molecular weight is 470 g/mol. The Balaban J connectivity index is 1.49. The Morgan fingerprint density at radius 2 is 1.82 bits per heavy atom. The lowest BCUT2D eigenvalue weighted by Gasteiger charge is -2.29. The molecule has 1 saturated carbocycles. The Labute approximate surface area is 199 Å². The van der Waals surface area contributed by atoms with E-state index in [-0.39, 0.29) is 35.6 Å². The van der Waals surface area contributed by atoms with Gasteiger partial charge < -0.3 is 10.1 Å². The predicted octanol–water partition coefficient (Wildman–Crippen LogP) is 4.97. The zero-order chi connectivity index (χ0) is 23.6. The van der Waals surface area contributed by atoms with Crippen LogP contribution in [-0.4, -0.2) is 35.2 Å². The van der Waals surface area contributed by atoms with Crippen molar-refractivity contribution in [3.63, 3.8) is 0 Å². The number of halogens is 1. The maximum absolute atomic E-state index is 13.4. The molecule has 1 saturated heterocycles. The van der Waals surface area contributed by atoms with Crippen molar-refractivity contribution < 1.29 is 18.7 Å². The number of rotatable bonds is 7. The molecule has 1 aliphatic heterocycles. The van der Waals surface area contributed by atoms with E-state index in [0.29, 0.717) is 18.6 Å². The average Bonchev–Trinajstić information content (AvgIpc) is 3.31. The van der Waals surface area contributed by atoms with Crippen LogP contribution < -0.4 is 5.32 Å². The summed E-state index contributed by atoms with van der Waals surface area (Å²) in [4.78, 5) is 26.1. The van der Waals surface area contributed by atoms with Crippen LogP contribution in [0.1, 0.15) is 56.7 Å². The second kappa shape index (κ2) is 9.59. The van der Waals surface area contributed by atoms with Gasteiger partial charge in [0.2, 0.25) is 5.91 Å². The van der Waals surface area contributed by atoms with Gasteiger partial charge in [0.25, 0.3) is 0 Å². The molecule has 2 aromatic rings. The molecule has 1 amide bonds. The van der Waals surface area contributed by atoms with Crippen LogP contribution in [0.4, 0.5) is 4.39 Å². The molecule has 2 aliphatic rings. The summed E-state index contributed by atoms with van der Waals surface area (Å²) in [5.74, 6) is 0.195. The summed E-state index contributed by atoms with van der Waals surface area (Å²) >= 11 is 1.55. The number of nitrogens with one attached hydrogen (secondary N) is 1. The Kier molecular flexibility index (Phi) is 6.96. The third kappa shape index (κ3) is 5.33. The number of amides is 1. The minimum Gasteiger partial charge on any atom is -0.367 e. The second-order valence-corrected chi connectivity index (χ2v) is 11.3. The summed E-state index contributed by atoms with van der Waals surface area (Å²) in [6.07, 6.45) is 2.53. The molecular weight excluding hydrogens is 437 g/mol. The molecule has 6 heteroatoms. The van der Waals surface area contributed by atoms with Gasteiger partial charge >= 0.3 is 0 Å². The van der Waals surface area contributed by atoms with Gasteiger partial charge in [-0.15, -0.1) is 11.8 Å². The first-order chi connectivity index (χ1) is 15.7. The third-order valence-corrected chi connectivity index (χ3v) is 8.03. The second-order valence-electron chi connectivity index (χ2n) is 10.2. The molecule has 4 nitrogen and oxygen atoms in total. The van der Waals surface area contributed by atoms with Crippen molar-refractivity contribution in [1.82, 2.24) is 5.32 Å². The summed E-state index contributed by atoms with van der Waals surface area (Å²) in [5, 5.41) is 2.69. The number of carbonyl (C=O) groups is 2. The first kappa shape index (κ1) is 24.0. The van der Waals surface area contributed by atoms with Crippen molar-refractivity contribution in [3.8, 4) is 0 Å². The summed E-state index contributed by atoms with van der Waals surface area (Å²) in [6.45, 7) is 6.62. The first-order valence-electron chi connectivity index (χ1n) is 11.6. The van der Waals surface area contributed by atoms with E-state index in [1.54, 1.807) is 23.9 Å². The summed E-state index contributed by atoms with van der Waals surface area (Å²) in [5.41, 5.74) is 2.50. The van der Waals surface area contributed by atoms with Crippen LogP contribution in [0.2, 0.25) is 0 Å². The molecule has 3 atom stereocenters. The van der Waals surface area contributed by atoms with Crippen LogP contribution in [0.25, 0.3) is 0 Å². The maximum Gasteiger partial charge on any atom is 0.234 e. The highest BCUT2D eigenvalue weighted by atomic mass is 32.2. The van der Waals surface area contributed by atoms with Crippen LogP contribution in [0, 0.1) is 5.82 Å². The van der Waals surface area contributed by atoms with Crippen molar-refractivity contribution >= 4 is 23.5 Å². The summed E-state index contributed by atoms with van der Waals surface area (Å²) < 4.78 is 19.1. The van der Waals surface area contributed by atoms with Gasteiger partial charge in [-0.3, -0.25) is 9.59 Å². The lowest BCUT2D eigenvalue weighted by atomic mass is 9.87. The topological polar surface area (TPSA) is 55.4 Å². The number of thioether (sulfide) groups is 1. The molecule has 1 N–H and O–H groups in total. The van der Waals surface area contributed by atoms with Gasteiger partial charge in [0.05, 0.1) is 11.4 Å². The van der Waals surface area contributed by atoms with Gasteiger partial charge in [-0.1, -0.05) is 57.2 Å². The molecule has 0 bridgehead atoms. The van der Waals surface area contributed by atoms with Gasteiger partial charge in [0, 0.05) is 5.75 Å². The van der Waals surface area contributed by atoms with Gasteiger partial charge in [0.15, 0.2) is 5.78 Å². The van der Waals surface area contributed by atoms with Gasteiger partial charge in [0.1, 0.15) is 18.0 Å². The summed E-state index contributed by atoms with van der Waals surface area (Å²) in [7, 11) is 0. The highest BCUT2D eigenvalue weighted by Gasteiger charge is 2.55. The SMILES string of the molecule is CC(C)(C)c1ccc(CSC(Cc2ccc(F)cc2)C(=O)NC23CCCC2OCC3=O)cc1. The van der Waals surface area contributed by atoms with Crippen LogP contribution in [-0.2, 0) is 31.9 Å². The van der Waals surface area contributed by atoms with Gasteiger partial charge in [-0.25, -0.2) is 4.39 Å². The fraction of sp³-hybridized carbons (Fsp3) is 0.481. The largest absolute Gasteiger partial charge is 0.367 e. The fourth-order valence-electron chi connectivity index (χ4n) is 4.70. The Morgan fingerprint density at radius 3 is 2.48 bits per heavy atom. The highest BCUT2D eigenvalue weighted by molar-refractivity contribution is 7.99.